The van der Waals surface area contributed by atoms with Gasteiger partial charge in [-0.15, -0.1) is 0 Å². The number of para-hydroxylation sites is 2. The van der Waals surface area contributed by atoms with Gasteiger partial charge in [0.1, 0.15) is 0 Å². The molecule has 0 amide bonds. The van der Waals surface area contributed by atoms with Gasteiger partial charge in [-0.2, -0.15) is 0 Å². The maximum atomic E-state index is 4.14. The molecule has 4 rings (SSSR count). The highest BCUT2D eigenvalue weighted by Crippen LogP contribution is 2.25. The molecule has 0 unspecified atom stereocenters. The molecule has 1 N–H and O–H groups in total. The molecule has 2 heterocycles. The van der Waals surface area contributed by atoms with Crippen molar-refractivity contribution >= 4 is 11.4 Å². The standard InChI is InChI=1S/C22H26N4/c1-6-13-26(14-7-1)22-11-5-3-8-19(22)16-24-21-10-4-2-9-20(21)17-25-15-12-23-18-25/h2-5,8-12,15,18,24H,1,6-7,13-14,16-17H2. The quantitative estimate of drug-likeness (QED) is 0.712. The van der Waals surface area contributed by atoms with E-state index in [0.29, 0.717) is 0 Å². The average molecular weight is 346 g/mol. The van der Waals surface area contributed by atoms with Crippen molar-refractivity contribution in [1.82, 2.24) is 9.55 Å². The summed E-state index contributed by atoms with van der Waals surface area (Å²) >= 11 is 0. The SMILES string of the molecule is c1ccc(NCc2ccccc2N2CCCCC2)c(Cn2ccnc2)c1. The van der Waals surface area contributed by atoms with Crippen LogP contribution in [0.1, 0.15) is 30.4 Å². The van der Waals surface area contributed by atoms with Crippen LogP contribution in [0.15, 0.2) is 67.3 Å². The van der Waals surface area contributed by atoms with E-state index in [9.17, 15) is 0 Å². The molecule has 0 saturated carbocycles. The van der Waals surface area contributed by atoms with Crippen LogP contribution in [0.3, 0.4) is 0 Å². The smallest absolute Gasteiger partial charge is 0.0949 e. The highest BCUT2D eigenvalue weighted by atomic mass is 15.1. The minimum atomic E-state index is 0.830. The van der Waals surface area contributed by atoms with Gasteiger partial charge in [-0.25, -0.2) is 4.98 Å². The second-order valence-corrected chi connectivity index (χ2v) is 6.92. The lowest BCUT2D eigenvalue weighted by atomic mass is 10.1. The summed E-state index contributed by atoms with van der Waals surface area (Å²) < 4.78 is 2.10. The topological polar surface area (TPSA) is 33.1 Å². The van der Waals surface area contributed by atoms with E-state index < -0.39 is 0 Å². The first-order valence-corrected chi connectivity index (χ1v) is 9.50. The Morgan fingerprint density at radius 3 is 2.46 bits per heavy atom. The number of imidazole rings is 1. The van der Waals surface area contributed by atoms with Crippen molar-refractivity contribution in [2.24, 2.45) is 0 Å². The number of nitrogens with zero attached hydrogens (tertiary/aromatic N) is 3. The van der Waals surface area contributed by atoms with Crippen molar-refractivity contribution in [2.45, 2.75) is 32.4 Å². The van der Waals surface area contributed by atoms with Gasteiger partial charge in [0.05, 0.1) is 12.9 Å². The molecular weight excluding hydrogens is 320 g/mol. The molecule has 1 saturated heterocycles. The van der Waals surface area contributed by atoms with Crippen LogP contribution >= 0.6 is 0 Å². The third kappa shape index (κ3) is 3.90. The Morgan fingerprint density at radius 1 is 0.885 bits per heavy atom. The van der Waals surface area contributed by atoms with Gasteiger partial charge in [0, 0.05) is 43.4 Å². The fraction of sp³-hybridized carbons (Fsp3) is 0.318. The first-order valence-electron chi connectivity index (χ1n) is 9.50. The molecule has 0 spiro atoms. The number of anilines is 2. The monoisotopic (exact) mass is 346 g/mol. The van der Waals surface area contributed by atoms with E-state index in [-0.39, 0.29) is 0 Å². The minimum Gasteiger partial charge on any atom is -0.381 e. The summed E-state index contributed by atoms with van der Waals surface area (Å²) in [5, 5.41) is 3.66. The molecule has 0 atom stereocenters. The van der Waals surface area contributed by atoms with Crippen molar-refractivity contribution in [3.63, 3.8) is 0 Å². The zero-order valence-electron chi connectivity index (χ0n) is 15.1. The van der Waals surface area contributed by atoms with Crippen LogP contribution in [-0.4, -0.2) is 22.6 Å². The highest BCUT2D eigenvalue weighted by Gasteiger charge is 2.14. The lowest BCUT2D eigenvalue weighted by molar-refractivity contribution is 0.576. The largest absolute Gasteiger partial charge is 0.381 e. The highest BCUT2D eigenvalue weighted by molar-refractivity contribution is 5.57. The van der Waals surface area contributed by atoms with E-state index >= 15 is 0 Å². The number of hydrogen-bond donors (Lipinski definition) is 1. The Labute approximate surface area is 155 Å². The fourth-order valence-corrected chi connectivity index (χ4v) is 3.70. The average Bonchev–Trinajstić information content (AvgIpc) is 3.21. The van der Waals surface area contributed by atoms with Crippen molar-refractivity contribution in [3.05, 3.63) is 78.4 Å². The third-order valence-corrected chi connectivity index (χ3v) is 5.09. The lowest BCUT2D eigenvalue weighted by Gasteiger charge is -2.30. The van der Waals surface area contributed by atoms with Gasteiger partial charge in [-0.3, -0.25) is 0 Å². The van der Waals surface area contributed by atoms with E-state index in [1.807, 2.05) is 18.7 Å². The third-order valence-electron chi connectivity index (χ3n) is 5.09. The molecule has 3 aromatic rings. The summed E-state index contributed by atoms with van der Waals surface area (Å²) in [6.45, 7) is 4.02. The van der Waals surface area contributed by atoms with E-state index in [1.54, 1.807) is 0 Å². The van der Waals surface area contributed by atoms with Crippen LogP contribution in [0.4, 0.5) is 11.4 Å². The second kappa shape index (κ2) is 8.09. The molecule has 1 fully saturated rings. The number of nitrogens with one attached hydrogen (secondary N) is 1. The van der Waals surface area contributed by atoms with Gasteiger partial charge < -0.3 is 14.8 Å². The second-order valence-electron chi connectivity index (χ2n) is 6.92. The van der Waals surface area contributed by atoms with Crippen molar-refractivity contribution < 1.29 is 0 Å². The van der Waals surface area contributed by atoms with Gasteiger partial charge in [0.25, 0.3) is 0 Å². The summed E-state index contributed by atoms with van der Waals surface area (Å²) in [7, 11) is 0. The lowest BCUT2D eigenvalue weighted by Crippen LogP contribution is -2.30. The van der Waals surface area contributed by atoms with Crippen LogP contribution in [0.5, 0.6) is 0 Å². The molecule has 1 aliphatic heterocycles. The van der Waals surface area contributed by atoms with E-state index in [0.717, 1.165) is 13.1 Å². The molecule has 4 nitrogen and oxygen atoms in total. The Kier molecular flexibility index (Phi) is 5.19. The molecule has 4 heteroatoms. The van der Waals surface area contributed by atoms with Gasteiger partial charge in [-0.1, -0.05) is 36.4 Å². The molecule has 0 radical (unpaired) electrons. The number of piperidine rings is 1. The van der Waals surface area contributed by atoms with Crippen LogP contribution in [-0.2, 0) is 13.1 Å². The summed E-state index contributed by atoms with van der Waals surface area (Å²) in [5.74, 6) is 0. The van der Waals surface area contributed by atoms with Gasteiger partial charge >= 0.3 is 0 Å². The van der Waals surface area contributed by atoms with Crippen LogP contribution in [0.25, 0.3) is 0 Å². The Bertz CT molecular complexity index is 820. The van der Waals surface area contributed by atoms with E-state index in [1.165, 1.54) is 54.9 Å². The Balaban J connectivity index is 1.50. The molecule has 134 valence electrons. The predicted octanol–water partition coefficient (Wildman–Crippen LogP) is 4.53. The minimum absolute atomic E-state index is 0.830. The van der Waals surface area contributed by atoms with Crippen LogP contribution in [0, 0.1) is 0 Å². The molecule has 2 aromatic carbocycles. The zero-order chi connectivity index (χ0) is 17.6. The fourth-order valence-electron chi connectivity index (χ4n) is 3.70. The Morgan fingerprint density at radius 2 is 1.65 bits per heavy atom. The molecular formula is C22H26N4. The first kappa shape index (κ1) is 16.7. The molecule has 0 aliphatic carbocycles. The summed E-state index contributed by atoms with van der Waals surface area (Å²) in [5.41, 5.74) is 5.22. The van der Waals surface area contributed by atoms with Gasteiger partial charge in [0.2, 0.25) is 0 Å². The zero-order valence-corrected chi connectivity index (χ0v) is 15.1. The number of hydrogen-bond acceptors (Lipinski definition) is 3. The van der Waals surface area contributed by atoms with Gasteiger partial charge in [0.15, 0.2) is 0 Å². The van der Waals surface area contributed by atoms with Crippen molar-refractivity contribution in [2.75, 3.05) is 23.3 Å². The summed E-state index contributed by atoms with van der Waals surface area (Å²) in [6, 6.07) is 17.3. The maximum Gasteiger partial charge on any atom is 0.0949 e. The number of aromatic nitrogens is 2. The van der Waals surface area contributed by atoms with Gasteiger partial charge in [-0.05, 0) is 42.5 Å². The van der Waals surface area contributed by atoms with E-state index in [4.69, 9.17) is 0 Å². The van der Waals surface area contributed by atoms with Crippen LogP contribution < -0.4 is 10.2 Å². The van der Waals surface area contributed by atoms with Crippen molar-refractivity contribution in [1.29, 1.82) is 0 Å². The number of benzene rings is 2. The molecule has 1 aromatic heterocycles. The molecule has 0 bridgehead atoms. The summed E-state index contributed by atoms with van der Waals surface area (Å²) in [6.07, 6.45) is 9.65. The normalized spacial score (nSPS) is 14.4. The number of rotatable bonds is 6. The molecule has 1 aliphatic rings. The van der Waals surface area contributed by atoms with Crippen molar-refractivity contribution in [3.8, 4) is 0 Å². The van der Waals surface area contributed by atoms with Crippen LogP contribution in [0.2, 0.25) is 0 Å². The first-order chi connectivity index (χ1) is 12.9. The predicted molar refractivity (Wildman–Crippen MR) is 108 cm³/mol. The summed E-state index contributed by atoms with van der Waals surface area (Å²) in [4.78, 5) is 6.68. The Hall–Kier alpha value is -2.75. The maximum absolute atomic E-state index is 4.14. The molecule has 26 heavy (non-hydrogen) atoms. The van der Waals surface area contributed by atoms with E-state index in [2.05, 4.69) is 68.3 Å².